The Morgan fingerprint density at radius 2 is 1.32 bits per heavy atom. The fraction of sp³-hybridized carbons (Fsp3) is 0.606. The van der Waals surface area contributed by atoms with Gasteiger partial charge in [-0.2, -0.15) is 0 Å². The maximum atomic E-state index is 13.1. The number of amides is 1. The lowest BCUT2D eigenvalue weighted by Gasteiger charge is -2.40. The van der Waals surface area contributed by atoms with E-state index >= 15 is 0 Å². The molecule has 2 aromatic rings. The third-order valence-electron chi connectivity index (χ3n) is 9.12. The molecule has 8 heteroatoms. The van der Waals surface area contributed by atoms with Gasteiger partial charge < -0.3 is 33.5 Å². The second kappa shape index (κ2) is 13.7. The number of methoxy groups -OCH3 is 4. The van der Waals surface area contributed by atoms with E-state index in [4.69, 9.17) is 23.7 Å². The van der Waals surface area contributed by atoms with Crippen LogP contribution in [0.15, 0.2) is 24.3 Å². The van der Waals surface area contributed by atoms with Crippen molar-refractivity contribution in [3.05, 3.63) is 41.0 Å². The number of hydrogen-bond acceptors (Lipinski definition) is 7. The van der Waals surface area contributed by atoms with E-state index in [0.717, 1.165) is 85.6 Å². The normalized spacial score (nSPS) is 18.2. The lowest BCUT2D eigenvalue weighted by molar-refractivity contribution is 0.0590. The molecular formula is C33H46N2O6. The third-order valence-corrected chi connectivity index (χ3v) is 9.12. The van der Waals surface area contributed by atoms with Crippen molar-refractivity contribution in [2.24, 2.45) is 5.92 Å². The lowest BCUT2D eigenvalue weighted by atomic mass is 9.99. The molecule has 2 fully saturated rings. The van der Waals surface area contributed by atoms with E-state index in [-0.39, 0.29) is 5.91 Å². The Morgan fingerprint density at radius 3 is 1.85 bits per heavy atom. The Balaban J connectivity index is 1.08. The molecule has 0 aromatic heterocycles. The second-order valence-corrected chi connectivity index (χ2v) is 11.5. The molecule has 2 aromatic carbocycles. The summed E-state index contributed by atoms with van der Waals surface area (Å²) in [4.78, 5) is 17.8. The molecule has 224 valence electrons. The predicted molar refractivity (Wildman–Crippen MR) is 159 cm³/mol. The Hall–Kier alpha value is -3.13. The molecule has 1 aliphatic carbocycles. The summed E-state index contributed by atoms with van der Waals surface area (Å²) in [6, 6.07) is 8.30. The van der Waals surface area contributed by atoms with Gasteiger partial charge in [-0.25, -0.2) is 0 Å². The van der Waals surface area contributed by atoms with Crippen molar-refractivity contribution in [1.29, 1.82) is 0 Å². The van der Waals surface area contributed by atoms with Crippen molar-refractivity contribution in [3.63, 3.8) is 0 Å². The zero-order valence-corrected chi connectivity index (χ0v) is 25.2. The first-order valence-electron chi connectivity index (χ1n) is 15.2. The highest BCUT2D eigenvalue weighted by atomic mass is 16.5. The molecule has 0 saturated carbocycles. The number of ether oxygens (including phenoxy) is 5. The van der Waals surface area contributed by atoms with Gasteiger partial charge in [0, 0.05) is 35.8 Å². The van der Waals surface area contributed by atoms with Crippen molar-refractivity contribution in [3.8, 4) is 28.7 Å². The van der Waals surface area contributed by atoms with Crippen LogP contribution >= 0.6 is 0 Å². The number of nitrogens with zero attached hydrogens (tertiary/aromatic N) is 2. The molecule has 1 amide bonds. The van der Waals surface area contributed by atoms with Gasteiger partial charge in [-0.1, -0.05) is 6.42 Å². The molecule has 0 bridgehead atoms. The number of benzene rings is 2. The molecule has 0 radical (unpaired) electrons. The van der Waals surface area contributed by atoms with Crippen LogP contribution in [0.3, 0.4) is 0 Å². The standard InChI is InChI=1S/C33H46N2O6/c1-37-29-27-21-23(22-28(27)30(38-2)32(40-4)31(29)39-3)9-8-20-41-26-12-10-24(11-13-26)33(36)35-18-14-25(15-19-35)34-16-6-5-7-17-34/h10-13,23,25H,5-9,14-22H2,1-4H3. The number of likely N-dealkylation sites (tertiary alicyclic amines) is 2. The van der Waals surface area contributed by atoms with Crippen molar-refractivity contribution >= 4 is 5.91 Å². The minimum atomic E-state index is 0.133. The molecule has 2 saturated heterocycles. The fourth-order valence-electron chi connectivity index (χ4n) is 7.00. The average molecular weight is 567 g/mol. The molecule has 0 unspecified atom stereocenters. The van der Waals surface area contributed by atoms with Gasteiger partial charge in [0.1, 0.15) is 5.75 Å². The van der Waals surface area contributed by atoms with Gasteiger partial charge in [-0.05, 0) is 94.6 Å². The van der Waals surface area contributed by atoms with Gasteiger partial charge in [-0.15, -0.1) is 0 Å². The average Bonchev–Trinajstić information content (AvgIpc) is 3.45. The first-order chi connectivity index (χ1) is 20.1. The smallest absolute Gasteiger partial charge is 0.253 e. The molecule has 3 aliphatic rings. The van der Waals surface area contributed by atoms with Gasteiger partial charge in [0.25, 0.3) is 5.91 Å². The number of hydrogen-bond donors (Lipinski definition) is 0. The van der Waals surface area contributed by atoms with Crippen LogP contribution < -0.4 is 23.7 Å². The minimum Gasteiger partial charge on any atom is -0.494 e. The quantitative estimate of drug-likeness (QED) is 0.338. The Labute approximate surface area is 244 Å². The minimum absolute atomic E-state index is 0.133. The summed E-state index contributed by atoms with van der Waals surface area (Å²) in [6.07, 6.45) is 9.93. The molecule has 8 nitrogen and oxygen atoms in total. The first-order valence-corrected chi connectivity index (χ1v) is 15.2. The van der Waals surface area contributed by atoms with E-state index < -0.39 is 0 Å². The molecule has 41 heavy (non-hydrogen) atoms. The van der Waals surface area contributed by atoms with Crippen LogP contribution in [0.4, 0.5) is 0 Å². The highest BCUT2D eigenvalue weighted by molar-refractivity contribution is 5.94. The van der Waals surface area contributed by atoms with E-state index in [1.54, 1.807) is 28.4 Å². The van der Waals surface area contributed by atoms with E-state index in [9.17, 15) is 4.79 Å². The van der Waals surface area contributed by atoms with Crippen LogP contribution in [0.25, 0.3) is 0 Å². The van der Waals surface area contributed by atoms with Crippen LogP contribution in [0.5, 0.6) is 28.7 Å². The molecule has 2 heterocycles. The van der Waals surface area contributed by atoms with Crippen LogP contribution in [-0.2, 0) is 12.8 Å². The Bertz CT molecular complexity index is 1130. The Morgan fingerprint density at radius 1 is 0.756 bits per heavy atom. The summed E-state index contributed by atoms with van der Waals surface area (Å²) >= 11 is 0. The molecule has 2 aliphatic heterocycles. The zero-order chi connectivity index (χ0) is 28.8. The molecule has 0 atom stereocenters. The molecule has 0 spiro atoms. The fourth-order valence-corrected chi connectivity index (χ4v) is 7.00. The highest BCUT2D eigenvalue weighted by Gasteiger charge is 2.34. The van der Waals surface area contributed by atoms with Gasteiger partial charge >= 0.3 is 0 Å². The van der Waals surface area contributed by atoms with Gasteiger partial charge in [-0.3, -0.25) is 4.79 Å². The second-order valence-electron chi connectivity index (χ2n) is 11.5. The van der Waals surface area contributed by atoms with Crippen molar-refractivity contribution in [2.75, 3.05) is 61.2 Å². The van der Waals surface area contributed by atoms with E-state index in [1.165, 1.54) is 32.4 Å². The summed E-state index contributed by atoms with van der Waals surface area (Å²) in [6.45, 7) is 4.77. The third kappa shape index (κ3) is 6.37. The number of carbonyl (C=O) groups excluding carboxylic acids is 1. The molecular weight excluding hydrogens is 520 g/mol. The highest BCUT2D eigenvalue weighted by Crippen LogP contribution is 2.53. The van der Waals surface area contributed by atoms with Gasteiger partial charge in [0.15, 0.2) is 11.5 Å². The maximum absolute atomic E-state index is 13.1. The van der Waals surface area contributed by atoms with E-state index in [2.05, 4.69) is 4.90 Å². The molecule has 5 rings (SSSR count). The summed E-state index contributed by atoms with van der Waals surface area (Å²) in [5, 5.41) is 0. The monoisotopic (exact) mass is 566 g/mol. The summed E-state index contributed by atoms with van der Waals surface area (Å²) < 4.78 is 28.8. The number of carbonyl (C=O) groups is 1. The summed E-state index contributed by atoms with van der Waals surface area (Å²) in [5.74, 6) is 4.04. The number of piperidine rings is 2. The van der Waals surface area contributed by atoms with E-state index in [1.807, 2.05) is 29.2 Å². The van der Waals surface area contributed by atoms with Crippen molar-refractivity contribution < 1.29 is 28.5 Å². The van der Waals surface area contributed by atoms with Gasteiger partial charge in [0.2, 0.25) is 11.5 Å². The number of fused-ring (bicyclic) bond motifs is 1. The SMILES string of the molecule is COc1c2c(c(OC)c(OC)c1OC)CC(CCCOc1ccc(C(=O)N3CCC(N4CCCCC4)CC3)cc1)C2. The summed E-state index contributed by atoms with van der Waals surface area (Å²) in [7, 11) is 6.58. The van der Waals surface area contributed by atoms with Crippen molar-refractivity contribution in [2.45, 2.75) is 63.8 Å². The van der Waals surface area contributed by atoms with E-state index in [0.29, 0.717) is 30.1 Å². The van der Waals surface area contributed by atoms with Crippen LogP contribution in [0, 0.1) is 5.92 Å². The predicted octanol–water partition coefficient (Wildman–Crippen LogP) is 5.39. The number of rotatable bonds is 11. The largest absolute Gasteiger partial charge is 0.494 e. The first kappa shape index (κ1) is 29.4. The van der Waals surface area contributed by atoms with Crippen LogP contribution in [-0.4, -0.2) is 83.0 Å². The lowest BCUT2D eigenvalue weighted by Crippen LogP contribution is -2.48. The summed E-state index contributed by atoms with van der Waals surface area (Å²) in [5.41, 5.74) is 3.03. The van der Waals surface area contributed by atoms with Gasteiger partial charge in [0.05, 0.1) is 35.0 Å². The van der Waals surface area contributed by atoms with Crippen LogP contribution in [0.1, 0.15) is 66.4 Å². The maximum Gasteiger partial charge on any atom is 0.253 e. The Kier molecular flexibility index (Phi) is 9.80. The zero-order valence-electron chi connectivity index (χ0n) is 25.2. The van der Waals surface area contributed by atoms with Crippen molar-refractivity contribution in [1.82, 2.24) is 9.80 Å². The topological polar surface area (TPSA) is 69.7 Å². The van der Waals surface area contributed by atoms with Crippen LogP contribution in [0.2, 0.25) is 0 Å². The molecule has 0 N–H and O–H groups in total.